The highest BCUT2D eigenvalue weighted by molar-refractivity contribution is 6.33. The van der Waals surface area contributed by atoms with Gasteiger partial charge in [-0.15, -0.1) is 0 Å². The zero-order valence-corrected chi connectivity index (χ0v) is 10.4. The number of pyridine rings is 1. The number of carbonyl (C=O) groups excluding carboxylic acids is 2. The van der Waals surface area contributed by atoms with Crippen molar-refractivity contribution in [3.05, 3.63) is 22.8 Å². The molecule has 0 spiro atoms. The number of rotatable bonds is 3. The molecule has 7 nitrogen and oxygen atoms in total. The second kappa shape index (κ2) is 5.23. The first-order chi connectivity index (χ1) is 8.97. The van der Waals surface area contributed by atoms with E-state index < -0.39 is 17.9 Å². The molecule has 8 heteroatoms. The van der Waals surface area contributed by atoms with E-state index in [0.29, 0.717) is 6.42 Å². The lowest BCUT2D eigenvalue weighted by Gasteiger charge is -2.22. The molecule has 2 amide bonds. The van der Waals surface area contributed by atoms with E-state index in [1.54, 1.807) is 0 Å². The van der Waals surface area contributed by atoms with E-state index in [1.165, 1.54) is 6.07 Å². The maximum Gasteiger partial charge on any atom is 0.337 e. The number of nitrogens with one attached hydrogen (secondary N) is 2. The van der Waals surface area contributed by atoms with Crippen molar-refractivity contribution in [1.82, 2.24) is 10.3 Å². The fourth-order valence-electron chi connectivity index (χ4n) is 1.66. The van der Waals surface area contributed by atoms with E-state index in [9.17, 15) is 14.4 Å². The van der Waals surface area contributed by atoms with E-state index in [-0.39, 0.29) is 28.7 Å². The summed E-state index contributed by atoms with van der Waals surface area (Å²) in [5, 5.41) is 13.9. The Morgan fingerprint density at radius 1 is 1.53 bits per heavy atom. The van der Waals surface area contributed by atoms with Gasteiger partial charge >= 0.3 is 5.97 Å². The van der Waals surface area contributed by atoms with Crippen LogP contribution in [-0.4, -0.2) is 33.9 Å². The molecule has 2 rings (SSSR count). The standard InChI is InChI=1S/C11H10ClN3O4/c12-6-3-5(11(18)19)4-13-9(6)14-7-1-2-8(16)15-10(7)17/h3-4,7H,1-2H2,(H,13,14)(H,18,19)(H,15,16,17). The van der Waals surface area contributed by atoms with E-state index in [2.05, 4.69) is 15.6 Å². The number of anilines is 1. The number of carboxylic acid groups (broad SMARTS) is 1. The number of halogens is 1. The third-order valence-electron chi connectivity index (χ3n) is 2.64. The van der Waals surface area contributed by atoms with Gasteiger partial charge in [-0.3, -0.25) is 14.9 Å². The summed E-state index contributed by atoms with van der Waals surface area (Å²) in [7, 11) is 0. The number of hydrogen-bond donors (Lipinski definition) is 3. The topological polar surface area (TPSA) is 108 Å². The molecule has 2 heterocycles. The number of imide groups is 1. The highest BCUT2D eigenvalue weighted by Crippen LogP contribution is 2.22. The minimum atomic E-state index is -1.14. The Hall–Kier alpha value is -2.15. The van der Waals surface area contributed by atoms with Gasteiger partial charge in [0.05, 0.1) is 10.6 Å². The SMILES string of the molecule is O=C1CCC(Nc2ncc(C(=O)O)cc2Cl)C(=O)N1. The van der Waals surface area contributed by atoms with Gasteiger partial charge in [0.2, 0.25) is 11.8 Å². The Kier molecular flexibility index (Phi) is 3.66. The number of amides is 2. The van der Waals surface area contributed by atoms with Gasteiger partial charge in [0, 0.05) is 12.6 Å². The molecule has 1 saturated heterocycles. The average molecular weight is 284 g/mol. The van der Waals surface area contributed by atoms with Gasteiger partial charge in [-0.1, -0.05) is 11.6 Å². The van der Waals surface area contributed by atoms with Crippen LogP contribution >= 0.6 is 11.6 Å². The molecule has 1 fully saturated rings. The number of aromatic carboxylic acids is 1. The number of carboxylic acids is 1. The van der Waals surface area contributed by atoms with Gasteiger partial charge in [-0.2, -0.15) is 0 Å². The van der Waals surface area contributed by atoms with Crippen LogP contribution in [0.25, 0.3) is 0 Å². The predicted molar refractivity (Wildman–Crippen MR) is 66.0 cm³/mol. The molecule has 1 aliphatic rings. The molecular formula is C11H10ClN3O4. The normalized spacial score (nSPS) is 18.9. The lowest BCUT2D eigenvalue weighted by Crippen LogP contribution is -2.47. The molecule has 0 aromatic carbocycles. The first-order valence-electron chi connectivity index (χ1n) is 5.46. The third-order valence-corrected chi connectivity index (χ3v) is 2.93. The summed E-state index contributed by atoms with van der Waals surface area (Å²) in [6.07, 6.45) is 1.71. The molecular weight excluding hydrogens is 274 g/mol. The quantitative estimate of drug-likeness (QED) is 0.703. The van der Waals surface area contributed by atoms with E-state index >= 15 is 0 Å². The summed E-state index contributed by atoms with van der Waals surface area (Å²) in [6, 6.07) is 0.629. The van der Waals surface area contributed by atoms with Crippen molar-refractivity contribution in [2.24, 2.45) is 0 Å². The van der Waals surface area contributed by atoms with Crippen molar-refractivity contribution >= 4 is 35.2 Å². The zero-order valence-electron chi connectivity index (χ0n) is 9.64. The van der Waals surface area contributed by atoms with Crippen LogP contribution in [0.2, 0.25) is 5.02 Å². The van der Waals surface area contributed by atoms with Gasteiger partial charge in [0.1, 0.15) is 11.9 Å². The largest absolute Gasteiger partial charge is 0.478 e. The molecule has 1 aromatic heterocycles. The first-order valence-corrected chi connectivity index (χ1v) is 5.84. The highest BCUT2D eigenvalue weighted by Gasteiger charge is 2.27. The predicted octanol–water partition coefficient (Wildman–Crippen LogP) is 0.650. The maximum absolute atomic E-state index is 11.5. The first kappa shape index (κ1) is 13.3. The minimum absolute atomic E-state index is 0.0428. The van der Waals surface area contributed by atoms with Gasteiger partial charge in [-0.05, 0) is 12.5 Å². The summed E-state index contributed by atoms with van der Waals surface area (Å²) in [4.78, 5) is 37.1. The third kappa shape index (κ3) is 3.00. The molecule has 0 aliphatic carbocycles. The number of carbonyl (C=O) groups is 3. The summed E-state index contributed by atoms with van der Waals surface area (Å²) in [5.74, 6) is -1.69. The Morgan fingerprint density at radius 2 is 2.26 bits per heavy atom. The highest BCUT2D eigenvalue weighted by atomic mass is 35.5. The fourth-order valence-corrected chi connectivity index (χ4v) is 1.88. The molecule has 1 atom stereocenters. The van der Waals surface area contributed by atoms with Crippen LogP contribution in [0.1, 0.15) is 23.2 Å². The zero-order chi connectivity index (χ0) is 14.0. The van der Waals surface area contributed by atoms with Crippen LogP contribution in [0.5, 0.6) is 0 Å². The van der Waals surface area contributed by atoms with Crippen molar-refractivity contribution in [2.45, 2.75) is 18.9 Å². The Bertz CT molecular complexity index is 561. The molecule has 0 bridgehead atoms. The molecule has 0 saturated carbocycles. The number of hydrogen-bond acceptors (Lipinski definition) is 5. The average Bonchev–Trinajstić information content (AvgIpc) is 2.34. The summed E-state index contributed by atoms with van der Waals surface area (Å²) < 4.78 is 0. The molecule has 1 aliphatic heterocycles. The van der Waals surface area contributed by atoms with Gasteiger partial charge < -0.3 is 10.4 Å². The summed E-state index contributed by atoms with van der Waals surface area (Å²) in [6.45, 7) is 0. The van der Waals surface area contributed by atoms with Crippen LogP contribution < -0.4 is 10.6 Å². The Balaban J connectivity index is 2.13. The van der Waals surface area contributed by atoms with E-state index in [4.69, 9.17) is 16.7 Å². The Labute approximate surface area is 113 Å². The van der Waals surface area contributed by atoms with Crippen LogP contribution in [0.4, 0.5) is 5.82 Å². The molecule has 100 valence electrons. The lowest BCUT2D eigenvalue weighted by atomic mass is 10.1. The van der Waals surface area contributed by atoms with Gasteiger partial charge in [0.25, 0.3) is 0 Å². The van der Waals surface area contributed by atoms with Crippen LogP contribution in [0.3, 0.4) is 0 Å². The minimum Gasteiger partial charge on any atom is -0.478 e. The van der Waals surface area contributed by atoms with Crippen molar-refractivity contribution in [3.63, 3.8) is 0 Å². The number of nitrogens with zero attached hydrogens (tertiary/aromatic N) is 1. The van der Waals surface area contributed by atoms with Crippen molar-refractivity contribution in [3.8, 4) is 0 Å². The number of aromatic nitrogens is 1. The Morgan fingerprint density at radius 3 is 2.84 bits per heavy atom. The molecule has 3 N–H and O–H groups in total. The van der Waals surface area contributed by atoms with Crippen molar-refractivity contribution in [2.75, 3.05) is 5.32 Å². The van der Waals surface area contributed by atoms with Crippen LogP contribution in [0, 0.1) is 0 Å². The van der Waals surface area contributed by atoms with Crippen LogP contribution in [-0.2, 0) is 9.59 Å². The van der Waals surface area contributed by atoms with Crippen LogP contribution in [0.15, 0.2) is 12.3 Å². The van der Waals surface area contributed by atoms with Gasteiger partial charge in [0.15, 0.2) is 0 Å². The molecule has 1 unspecified atom stereocenters. The number of piperidine rings is 1. The lowest BCUT2D eigenvalue weighted by molar-refractivity contribution is -0.133. The second-order valence-electron chi connectivity index (χ2n) is 4.01. The fraction of sp³-hybridized carbons (Fsp3) is 0.273. The van der Waals surface area contributed by atoms with E-state index in [1.807, 2.05) is 0 Å². The molecule has 0 radical (unpaired) electrons. The van der Waals surface area contributed by atoms with Crippen molar-refractivity contribution in [1.29, 1.82) is 0 Å². The van der Waals surface area contributed by atoms with E-state index in [0.717, 1.165) is 6.20 Å². The van der Waals surface area contributed by atoms with Crippen molar-refractivity contribution < 1.29 is 19.5 Å². The maximum atomic E-state index is 11.5. The monoisotopic (exact) mass is 283 g/mol. The second-order valence-corrected chi connectivity index (χ2v) is 4.41. The van der Waals surface area contributed by atoms with Gasteiger partial charge in [-0.25, -0.2) is 9.78 Å². The summed E-state index contributed by atoms with van der Waals surface area (Å²) in [5.41, 5.74) is -0.0428. The molecule has 19 heavy (non-hydrogen) atoms. The smallest absolute Gasteiger partial charge is 0.337 e. The summed E-state index contributed by atoms with van der Waals surface area (Å²) >= 11 is 5.88. The molecule has 1 aromatic rings.